The molecular weight excluding hydrogens is 332 g/mol. The predicted octanol–water partition coefficient (Wildman–Crippen LogP) is 6.84. The van der Waals surface area contributed by atoms with E-state index in [-0.39, 0.29) is 11.7 Å². The molecule has 1 fully saturated rings. The van der Waals surface area contributed by atoms with Crippen molar-refractivity contribution in [3.63, 3.8) is 0 Å². The molecule has 2 heteroatoms. The monoisotopic (exact) mass is 366 g/mol. The molecule has 146 valence electrons. The van der Waals surface area contributed by atoms with Crippen molar-refractivity contribution in [3.05, 3.63) is 65.7 Å². The second-order valence-electron chi connectivity index (χ2n) is 7.87. The smallest absolute Gasteiger partial charge is 0.209 e. The summed E-state index contributed by atoms with van der Waals surface area (Å²) in [6, 6.07) is 19.4. The number of ether oxygens (including phenoxy) is 2. The Kier molecular flexibility index (Phi) is 6.95. The summed E-state index contributed by atoms with van der Waals surface area (Å²) < 4.78 is 12.7. The molecule has 0 radical (unpaired) electrons. The van der Waals surface area contributed by atoms with Crippen LogP contribution < -0.4 is 4.74 Å². The minimum Gasteiger partial charge on any atom is -0.464 e. The van der Waals surface area contributed by atoms with E-state index in [1.165, 1.54) is 30.4 Å². The van der Waals surface area contributed by atoms with Gasteiger partial charge in [0.25, 0.3) is 0 Å². The maximum atomic E-state index is 6.50. The standard InChI is InChI=1S/C25H34O2/c1-4-20(3)21-14-16-23(17-15-21)27-24(26-5-2)25(18-10-7-11-19-25)22-12-8-6-9-13-22/h6,8-9,12-17,20,24H,4-5,7,10-11,18-19H2,1-3H3. The lowest BCUT2D eigenvalue weighted by atomic mass is 9.68. The Labute approximate surface area is 164 Å². The first-order valence-corrected chi connectivity index (χ1v) is 10.6. The van der Waals surface area contributed by atoms with Crippen molar-refractivity contribution < 1.29 is 9.47 Å². The lowest BCUT2D eigenvalue weighted by Crippen LogP contribution is -2.46. The average molecular weight is 367 g/mol. The van der Waals surface area contributed by atoms with E-state index in [9.17, 15) is 0 Å². The molecule has 0 heterocycles. The SMILES string of the molecule is CCOC(Oc1ccc(C(C)CC)cc1)C1(c2ccccc2)CCCCC1. The molecule has 1 aliphatic rings. The predicted molar refractivity (Wildman–Crippen MR) is 112 cm³/mol. The molecular formula is C25H34O2. The fraction of sp³-hybridized carbons (Fsp3) is 0.520. The second-order valence-corrected chi connectivity index (χ2v) is 7.87. The van der Waals surface area contributed by atoms with Gasteiger partial charge in [-0.2, -0.15) is 0 Å². The van der Waals surface area contributed by atoms with Crippen LogP contribution >= 0.6 is 0 Å². The number of hydrogen-bond acceptors (Lipinski definition) is 2. The third kappa shape index (κ3) is 4.55. The van der Waals surface area contributed by atoms with Crippen molar-refractivity contribution in [2.75, 3.05) is 6.61 Å². The Morgan fingerprint density at radius 1 is 0.889 bits per heavy atom. The molecule has 2 aromatic carbocycles. The van der Waals surface area contributed by atoms with Crippen LogP contribution in [0.15, 0.2) is 54.6 Å². The van der Waals surface area contributed by atoms with E-state index in [1.807, 2.05) is 0 Å². The van der Waals surface area contributed by atoms with Gasteiger partial charge >= 0.3 is 0 Å². The van der Waals surface area contributed by atoms with Crippen molar-refractivity contribution in [2.45, 2.75) is 76.9 Å². The minimum atomic E-state index is -0.250. The highest BCUT2D eigenvalue weighted by atomic mass is 16.7. The maximum Gasteiger partial charge on any atom is 0.209 e. The number of benzene rings is 2. The lowest BCUT2D eigenvalue weighted by molar-refractivity contribution is -0.135. The highest BCUT2D eigenvalue weighted by molar-refractivity contribution is 5.31. The van der Waals surface area contributed by atoms with Crippen molar-refractivity contribution in [1.29, 1.82) is 0 Å². The quantitative estimate of drug-likeness (QED) is 0.476. The molecule has 0 aromatic heterocycles. The zero-order valence-corrected chi connectivity index (χ0v) is 17.1. The van der Waals surface area contributed by atoms with Gasteiger partial charge in [0, 0.05) is 6.61 Å². The largest absolute Gasteiger partial charge is 0.464 e. The summed E-state index contributed by atoms with van der Waals surface area (Å²) >= 11 is 0. The van der Waals surface area contributed by atoms with Gasteiger partial charge < -0.3 is 9.47 Å². The van der Waals surface area contributed by atoms with Gasteiger partial charge in [0.2, 0.25) is 6.29 Å². The molecule has 2 unspecified atom stereocenters. The molecule has 0 aliphatic heterocycles. The summed E-state index contributed by atoms with van der Waals surface area (Å²) in [7, 11) is 0. The maximum absolute atomic E-state index is 6.50. The van der Waals surface area contributed by atoms with Crippen LogP contribution in [-0.4, -0.2) is 12.9 Å². The van der Waals surface area contributed by atoms with Gasteiger partial charge in [0.1, 0.15) is 5.75 Å². The number of hydrogen-bond donors (Lipinski definition) is 0. The molecule has 3 rings (SSSR count). The highest BCUT2D eigenvalue weighted by Gasteiger charge is 2.43. The van der Waals surface area contributed by atoms with Crippen LogP contribution in [0.25, 0.3) is 0 Å². The van der Waals surface area contributed by atoms with Gasteiger partial charge in [0.05, 0.1) is 5.41 Å². The van der Waals surface area contributed by atoms with Gasteiger partial charge in [0.15, 0.2) is 0 Å². The molecule has 1 saturated carbocycles. The van der Waals surface area contributed by atoms with Crippen LogP contribution in [0, 0.1) is 0 Å². The van der Waals surface area contributed by atoms with Gasteiger partial charge in [-0.3, -0.25) is 0 Å². The van der Waals surface area contributed by atoms with Gasteiger partial charge in [-0.25, -0.2) is 0 Å². The molecule has 0 spiro atoms. The zero-order valence-electron chi connectivity index (χ0n) is 17.1. The van der Waals surface area contributed by atoms with E-state index in [1.54, 1.807) is 0 Å². The highest BCUT2D eigenvalue weighted by Crippen LogP contribution is 2.44. The van der Waals surface area contributed by atoms with Crippen molar-refractivity contribution >= 4 is 0 Å². The normalized spacial score (nSPS) is 18.6. The fourth-order valence-corrected chi connectivity index (χ4v) is 4.31. The summed E-state index contributed by atoms with van der Waals surface area (Å²) in [5.74, 6) is 1.48. The third-order valence-corrected chi connectivity index (χ3v) is 6.17. The third-order valence-electron chi connectivity index (χ3n) is 6.17. The first-order chi connectivity index (χ1) is 13.2. The Hall–Kier alpha value is -1.80. The Bertz CT molecular complexity index is 671. The van der Waals surface area contributed by atoms with Gasteiger partial charge in [-0.05, 0) is 55.4 Å². The van der Waals surface area contributed by atoms with Crippen LogP contribution in [-0.2, 0) is 10.2 Å². The Morgan fingerprint density at radius 3 is 2.15 bits per heavy atom. The summed E-state index contributed by atoms with van der Waals surface area (Å²) in [5.41, 5.74) is 2.65. The van der Waals surface area contributed by atoms with Gasteiger partial charge in [-0.1, -0.05) is 75.6 Å². The van der Waals surface area contributed by atoms with Crippen molar-refractivity contribution in [3.8, 4) is 5.75 Å². The molecule has 2 nitrogen and oxygen atoms in total. The number of rotatable bonds is 8. The molecule has 0 amide bonds. The summed E-state index contributed by atoms with van der Waals surface area (Å²) in [4.78, 5) is 0. The van der Waals surface area contributed by atoms with Crippen molar-refractivity contribution in [1.82, 2.24) is 0 Å². The molecule has 1 aliphatic carbocycles. The first-order valence-electron chi connectivity index (χ1n) is 10.6. The molecule has 0 saturated heterocycles. The lowest BCUT2D eigenvalue weighted by Gasteiger charge is -2.43. The molecule has 0 N–H and O–H groups in total. The van der Waals surface area contributed by atoms with Crippen LogP contribution in [0.1, 0.15) is 76.3 Å². The topological polar surface area (TPSA) is 18.5 Å². The van der Waals surface area contributed by atoms with E-state index in [4.69, 9.17) is 9.47 Å². The van der Waals surface area contributed by atoms with E-state index in [0.29, 0.717) is 12.5 Å². The minimum absolute atomic E-state index is 0.0646. The first kappa shape index (κ1) is 19.9. The second kappa shape index (κ2) is 9.41. The fourth-order valence-electron chi connectivity index (χ4n) is 4.31. The zero-order chi connectivity index (χ0) is 19.1. The summed E-state index contributed by atoms with van der Waals surface area (Å²) in [6.07, 6.45) is 6.90. The molecule has 27 heavy (non-hydrogen) atoms. The Balaban J connectivity index is 1.88. The molecule has 0 bridgehead atoms. The van der Waals surface area contributed by atoms with E-state index in [0.717, 1.165) is 25.0 Å². The molecule has 2 atom stereocenters. The summed E-state index contributed by atoms with van der Waals surface area (Å²) in [6.45, 7) is 7.21. The van der Waals surface area contributed by atoms with Gasteiger partial charge in [-0.15, -0.1) is 0 Å². The van der Waals surface area contributed by atoms with E-state index >= 15 is 0 Å². The van der Waals surface area contributed by atoms with E-state index < -0.39 is 0 Å². The van der Waals surface area contributed by atoms with E-state index in [2.05, 4.69) is 75.4 Å². The van der Waals surface area contributed by atoms with Crippen molar-refractivity contribution in [2.24, 2.45) is 0 Å². The van der Waals surface area contributed by atoms with Crippen LogP contribution in [0.5, 0.6) is 5.75 Å². The van der Waals surface area contributed by atoms with Crippen LogP contribution in [0.2, 0.25) is 0 Å². The van der Waals surface area contributed by atoms with Crippen LogP contribution in [0.3, 0.4) is 0 Å². The summed E-state index contributed by atoms with van der Waals surface area (Å²) in [5, 5.41) is 0. The van der Waals surface area contributed by atoms with Crippen LogP contribution in [0.4, 0.5) is 0 Å². The average Bonchev–Trinajstić information content (AvgIpc) is 2.74. The molecule has 2 aromatic rings. The Morgan fingerprint density at radius 2 is 1.56 bits per heavy atom.